The molecule has 1 fully saturated rings. The van der Waals surface area contributed by atoms with Gasteiger partial charge >= 0.3 is 0 Å². The van der Waals surface area contributed by atoms with E-state index in [1.54, 1.807) is 4.90 Å². The quantitative estimate of drug-likeness (QED) is 0.782. The average molecular weight is 300 g/mol. The SMILES string of the molecule is CCNc1nc(NC2CCS(=O)(=O)C2)nc(N(C)C)n1. The van der Waals surface area contributed by atoms with Crippen LogP contribution in [0.25, 0.3) is 0 Å². The zero-order chi connectivity index (χ0) is 14.8. The van der Waals surface area contributed by atoms with E-state index in [1.165, 1.54) is 0 Å². The molecule has 1 unspecified atom stereocenters. The minimum absolute atomic E-state index is 0.131. The molecule has 0 bridgehead atoms. The van der Waals surface area contributed by atoms with E-state index in [-0.39, 0.29) is 17.5 Å². The van der Waals surface area contributed by atoms with Crippen LogP contribution in [0.1, 0.15) is 13.3 Å². The maximum absolute atomic E-state index is 11.5. The summed E-state index contributed by atoms with van der Waals surface area (Å²) in [4.78, 5) is 14.6. The lowest BCUT2D eigenvalue weighted by Crippen LogP contribution is -2.24. The Morgan fingerprint density at radius 3 is 2.50 bits per heavy atom. The van der Waals surface area contributed by atoms with Gasteiger partial charge in [-0.05, 0) is 13.3 Å². The normalized spacial score (nSPS) is 20.6. The molecule has 2 N–H and O–H groups in total. The molecule has 1 atom stereocenters. The number of anilines is 3. The highest BCUT2D eigenvalue weighted by atomic mass is 32.2. The standard InChI is InChI=1S/C11H20N6O2S/c1-4-12-9-14-10(16-11(15-9)17(2)3)13-8-5-6-20(18,19)7-8/h8H,4-7H2,1-3H3,(H2,12,13,14,15,16). The van der Waals surface area contributed by atoms with Gasteiger partial charge in [0.2, 0.25) is 17.8 Å². The molecule has 0 aromatic carbocycles. The van der Waals surface area contributed by atoms with Crippen LogP contribution in [0, 0.1) is 0 Å². The van der Waals surface area contributed by atoms with Crippen molar-refractivity contribution in [2.75, 3.05) is 47.7 Å². The van der Waals surface area contributed by atoms with Crippen LogP contribution < -0.4 is 15.5 Å². The Hall–Kier alpha value is -1.64. The van der Waals surface area contributed by atoms with Crippen LogP contribution in [-0.2, 0) is 9.84 Å². The van der Waals surface area contributed by atoms with Gasteiger partial charge in [0.15, 0.2) is 9.84 Å². The van der Waals surface area contributed by atoms with Crippen LogP contribution in [0.4, 0.5) is 17.8 Å². The number of hydrogen-bond acceptors (Lipinski definition) is 8. The van der Waals surface area contributed by atoms with E-state index >= 15 is 0 Å². The highest BCUT2D eigenvalue weighted by Gasteiger charge is 2.28. The second kappa shape index (κ2) is 5.78. The zero-order valence-electron chi connectivity index (χ0n) is 11.9. The van der Waals surface area contributed by atoms with Crippen LogP contribution in [0.2, 0.25) is 0 Å². The van der Waals surface area contributed by atoms with Gasteiger partial charge in [-0.25, -0.2) is 8.42 Å². The second-order valence-electron chi connectivity index (χ2n) is 4.95. The van der Waals surface area contributed by atoms with Crippen molar-refractivity contribution >= 4 is 27.7 Å². The predicted octanol–water partition coefficient (Wildman–Crippen LogP) is -0.0316. The first-order valence-corrected chi connectivity index (χ1v) is 8.36. The molecule has 2 rings (SSSR count). The van der Waals surface area contributed by atoms with Crippen molar-refractivity contribution in [3.8, 4) is 0 Å². The number of rotatable bonds is 5. The fraction of sp³-hybridized carbons (Fsp3) is 0.727. The molecule has 112 valence electrons. The number of hydrogen-bond donors (Lipinski definition) is 2. The fourth-order valence-electron chi connectivity index (χ4n) is 1.96. The average Bonchev–Trinajstić information content (AvgIpc) is 2.68. The highest BCUT2D eigenvalue weighted by molar-refractivity contribution is 7.91. The van der Waals surface area contributed by atoms with E-state index < -0.39 is 9.84 Å². The van der Waals surface area contributed by atoms with Crippen molar-refractivity contribution in [2.45, 2.75) is 19.4 Å². The van der Waals surface area contributed by atoms with Gasteiger partial charge in [0.05, 0.1) is 11.5 Å². The van der Waals surface area contributed by atoms with E-state index in [9.17, 15) is 8.42 Å². The van der Waals surface area contributed by atoms with Crippen molar-refractivity contribution in [1.82, 2.24) is 15.0 Å². The molecule has 1 aromatic heterocycles. The van der Waals surface area contributed by atoms with E-state index in [2.05, 4.69) is 25.6 Å². The summed E-state index contributed by atoms with van der Waals surface area (Å²) in [7, 11) is 0.762. The molecule has 20 heavy (non-hydrogen) atoms. The van der Waals surface area contributed by atoms with Crippen LogP contribution in [-0.4, -0.2) is 61.6 Å². The Labute approximate surface area is 118 Å². The molecule has 0 aliphatic carbocycles. The monoisotopic (exact) mass is 300 g/mol. The third-order valence-electron chi connectivity index (χ3n) is 2.92. The summed E-state index contributed by atoms with van der Waals surface area (Å²) in [6, 6.07) is -0.133. The molecular weight excluding hydrogens is 280 g/mol. The molecule has 1 aromatic rings. The number of aromatic nitrogens is 3. The molecule has 2 heterocycles. The van der Waals surface area contributed by atoms with Crippen molar-refractivity contribution in [1.29, 1.82) is 0 Å². The Bertz CT molecular complexity index is 574. The maximum Gasteiger partial charge on any atom is 0.231 e. The molecule has 9 heteroatoms. The number of sulfone groups is 1. The largest absolute Gasteiger partial charge is 0.354 e. The van der Waals surface area contributed by atoms with Crippen LogP contribution in [0.15, 0.2) is 0 Å². The van der Waals surface area contributed by atoms with Crippen molar-refractivity contribution in [3.05, 3.63) is 0 Å². The van der Waals surface area contributed by atoms with Gasteiger partial charge in [-0.2, -0.15) is 15.0 Å². The Kier molecular flexibility index (Phi) is 4.26. The molecule has 0 radical (unpaired) electrons. The Balaban J connectivity index is 2.18. The summed E-state index contributed by atoms with van der Waals surface area (Å²) >= 11 is 0. The van der Waals surface area contributed by atoms with E-state index in [1.807, 2.05) is 21.0 Å². The fourth-order valence-corrected chi connectivity index (χ4v) is 3.63. The van der Waals surface area contributed by atoms with E-state index in [4.69, 9.17) is 0 Å². The lowest BCUT2D eigenvalue weighted by molar-refractivity contribution is 0.602. The summed E-state index contributed by atoms with van der Waals surface area (Å²) in [6.07, 6.45) is 0.585. The minimum Gasteiger partial charge on any atom is -0.354 e. The van der Waals surface area contributed by atoms with Gasteiger partial charge in [0, 0.05) is 26.7 Å². The van der Waals surface area contributed by atoms with Gasteiger partial charge in [-0.1, -0.05) is 0 Å². The number of nitrogens with zero attached hydrogens (tertiary/aromatic N) is 4. The first-order valence-electron chi connectivity index (χ1n) is 6.54. The highest BCUT2D eigenvalue weighted by Crippen LogP contribution is 2.17. The Morgan fingerprint density at radius 1 is 1.25 bits per heavy atom. The van der Waals surface area contributed by atoms with Gasteiger partial charge in [0.25, 0.3) is 0 Å². The summed E-state index contributed by atoms with van der Waals surface area (Å²) in [5.74, 6) is 1.76. The van der Waals surface area contributed by atoms with E-state index in [0.717, 1.165) is 0 Å². The van der Waals surface area contributed by atoms with Crippen molar-refractivity contribution < 1.29 is 8.42 Å². The minimum atomic E-state index is -2.92. The smallest absolute Gasteiger partial charge is 0.231 e. The van der Waals surface area contributed by atoms with Crippen molar-refractivity contribution in [2.24, 2.45) is 0 Å². The lowest BCUT2D eigenvalue weighted by Gasteiger charge is -2.15. The molecular formula is C11H20N6O2S. The molecule has 0 spiro atoms. The first-order chi connectivity index (χ1) is 9.39. The number of nitrogens with one attached hydrogen (secondary N) is 2. The third kappa shape index (κ3) is 3.69. The molecule has 1 saturated heterocycles. The van der Waals surface area contributed by atoms with Crippen LogP contribution >= 0.6 is 0 Å². The Morgan fingerprint density at radius 2 is 1.95 bits per heavy atom. The third-order valence-corrected chi connectivity index (χ3v) is 4.69. The summed E-state index contributed by atoms with van der Waals surface area (Å²) in [5, 5.41) is 6.12. The molecule has 0 saturated carbocycles. The predicted molar refractivity (Wildman–Crippen MR) is 79.0 cm³/mol. The molecule has 8 nitrogen and oxygen atoms in total. The molecule has 1 aliphatic rings. The van der Waals surface area contributed by atoms with Gasteiger partial charge in [-0.15, -0.1) is 0 Å². The first kappa shape index (κ1) is 14.8. The zero-order valence-corrected chi connectivity index (χ0v) is 12.7. The van der Waals surface area contributed by atoms with Gasteiger partial charge < -0.3 is 15.5 Å². The van der Waals surface area contributed by atoms with E-state index in [0.29, 0.717) is 30.8 Å². The van der Waals surface area contributed by atoms with Crippen LogP contribution in [0.3, 0.4) is 0 Å². The van der Waals surface area contributed by atoms with Gasteiger partial charge in [-0.3, -0.25) is 0 Å². The lowest BCUT2D eigenvalue weighted by atomic mass is 10.3. The molecule has 1 aliphatic heterocycles. The molecule has 0 amide bonds. The summed E-state index contributed by atoms with van der Waals surface area (Å²) in [5.41, 5.74) is 0. The van der Waals surface area contributed by atoms with Gasteiger partial charge in [0.1, 0.15) is 0 Å². The van der Waals surface area contributed by atoms with Crippen LogP contribution in [0.5, 0.6) is 0 Å². The summed E-state index contributed by atoms with van der Waals surface area (Å²) in [6.45, 7) is 2.66. The summed E-state index contributed by atoms with van der Waals surface area (Å²) < 4.78 is 22.9. The second-order valence-corrected chi connectivity index (χ2v) is 7.18. The van der Waals surface area contributed by atoms with Crippen molar-refractivity contribution in [3.63, 3.8) is 0 Å². The topological polar surface area (TPSA) is 100 Å². The maximum atomic E-state index is 11.5.